The van der Waals surface area contributed by atoms with Crippen molar-refractivity contribution < 1.29 is 0 Å². The molecule has 0 unspecified atom stereocenters. The van der Waals surface area contributed by atoms with Gasteiger partial charge < -0.3 is 5.32 Å². The van der Waals surface area contributed by atoms with Crippen LogP contribution in [0.1, 0.15) is 20.8 Å². The number of nitrogens with one attached hydrogen (secondary N) is 1. The minimum Gasteiger partial charge on any atom is -0.384 e. The van der Waals surface area contributed by atoms with Gasteiger partial charge in [0.25, 0.3) is 0 Å². The Hall–Kier alpha value is -1.16. The monoisotopic (exact) mass is 149 g/mol. The molecule has 1 heteroatoms. The molecule has 0 saturated heterocycles. The fourth-order valence-electron chi connectivity index (χ4n) is 0.517. The number of terminal acetylenes is 1. The van der Waals surface area contributed by atoms with Gasteiger partial charge in [-0.3, -0.25) is 0 Å². The van der Waals surface area contributed by atoms with E-state index in [4.69, 9.17) is 6.42 Å². The zero-order valence-corrected chi connectivity index (χ0v) is 7.44. The van der Waals surface area contributed by atoms with Gasteiger partial charge in [-0.2, -0.15) is 0 Å². The Labute approximate surface area is 69.2 Å². The van der Waals surface area contributed by atoms with E-state index in [1.165, 1.54) is 5.57 Å². The van der Waals surface area contributed by atoms with Crippen molar-refractivity contribution >= 4 is 0 Å². The molecule has 0 aliphatic rings. The summed E-state index contributed by atoms with van der Waals surface area (Å²) in [4.78, 5) is 0. The summed E-state index contributed by atoms with van der Waals surface area (Å²) in [6.07, 6.45) is 7.11. The maximum Gasteiger partial charge on any atom is 0.0552 e. The third-order valence-corrected chi connectivity index (χ3v) is 1.33. The summed E-state index contributed by atoms with van der Waals surface area (Å²) < 4.78 is 0. The number of hydrogen-bond donors (Lipinski definition) is 1. The molecule has 1 N–H and O–H groups in total. The van der Waals surface area contributed by atoms with Crippen LogP contribution in [-0.4, -0.2) is 6.04 Å². The molecule has 60 valence electrons. The molecule has 0 aromatic carbocycles. The number of hydrogen-bond acceptors (Lipinski definition) is 1. The average Bonchev–Trinajstić information content (AvgIpc) is 1.98. The third kappa shape index (κ3) is 4.27. The van der Waals surface area contributed by atoms with Crippen LogP contribution in [0.25, 0.3) is 0 Å². The van der Waals surface area contributed by atoms with Gasteiger partial charge in [-0.25, -0.2) is 0 Å². The van der Waals surface area contributed by atoms with Crippen molar-refractivity contribution in [2.24, 2.45) is 0 Å². The largest absolute Gasteiger partial charge is 0.384 e. The molecule has 1 atom stereocenters. The van der Waals surface area contributed by atoms with Gasteiger partial charge in [0.15, 0.2) is 0 Å². The zero-order valence-electron chi connectivity index (χ0n) is 7.44. The molecule has 0 heterocycles. The lowest BCUT2D eigenvalue weighted by atomic mass is 10.1. The maximum atomic E-state index is 5.17. The number of rotatable bonds is 3. The van der Waals surface area contributed by atoms with E-state index < -0.39 is 0 Å². The van der Waals surface area contributed by atoms with Crippen LogP contribution >= 0.6 is 0 Å². The highest BCUT2D eigenvalue weighted by atomic mass is 14.9. The Bertz CT molecular complexity index is 201. The van der Waals surface area contributed by atoms with Gasteiger partial charge >= 0.3 is 0 Å². The molecule has 0 rings (SSSR count). The smallest absolute Gasteiger partial charge is 0.0552 e. The van der Waals surface area contributed by atoms with Crippen LogP contribution in [0.2, 0.25) is 0 Å². The molecule has 0 fully saturated rings. The predicted octanol–water partition coefficient (Wildman–Crippen LogP) is 2.08. The highest BCUT2D eigenvalue weighted by molar-refractivity contribution is 5.26. The van der Waals surface area contributed by atoms with E-state index in [2.05, 4.69) is 17.8 Å². The molecule has 0 aliphatic carbocycles. The van der Waals surface area contributed by atoms with Crippen molar-refractivity contribution in [3.8, 4) is 12.3 Å². The lowest BCUT2D eigenvalue weighted by Gasteiger charge is -2.10. The Morgan fingerprint density at radius 2 is 2.18 bits per heavy atom. The third-order valence-electron chi connectivity index (χ3n) is 1.33. The lowest BCUT2D eigenvalue weighted by Crippen LogP contribution is -2.21. The first kappa shape index (κ1) is 9.84. The van der Waals surface area contributed by atoms with Crippen LogP contribution < -0.4 is 5.32 Å². The molecule has 0 aliphatic heterocycles. The van der Waals surface area contributed by atoms with Crippen molar-refractivity contribution in [3.63, 3.8) is 0 Å². The summed E-state index contributed by atoms with van der Waals surface area (Å²) in [5, 5.41) is 3.13. The SMILES string of the molecule is C#CC(=C)[C@H](C)NC=C(C)C. The minimum atomic E-state index is 0.162. The Morgan fingerprint density at radius 3 is 2.55 bits per heavy atom. The lowest BCUT2D eigenvalue weighted by molar-refractivity contribution is 0.744. The molecule has 11 heavy (non-hydrogen) atoms. The van der Waals surface area contributed by atoms with E-state index in [0.29, 0.717) is 0 Å². The van der Waals surface area contributed by atoms with Gasteiger partial charge in [0.05, 0.1) is 6.04 Å². The first-order valence-electron chi connectivity index (χ1n) is 3.62. The van der Waals surface area contributed by atoms with Crippen LogP contribution in [0, 0.1) is 12.3 Å². The average molecular weight is 149 g/mol. The first-order chi connectivity index (χ1) is 5.07. The van der Waals surface area contributed by atoms with E-state index in [0.717, 1.165) is 5.57 Å². The van der Waals surface area contributed by atoms with Crippen molar-refractivity contribution in [1.82, 2.24) is 5.32 Å². The van der Waals surface area contributed by atoms with Gasteiger partial charge in [0.2, 0.25) is 0 Å². The molecule has 1 nitrogen and oxygen atoms in total. The van der Waals surface area contributed by atoms with Gasteiger partial charge in [-0.15, -0.1) is 6.42 Å². The van der Waals surface area contributed by atoms with Crippen molar-refractivity contribution in [3.05, 3.63) is 23.9 Å². The Morgan fingerprint density at radius 1 is 1.64 bits per heavy atom. The van der Waals surface area contributed by atoms with Crippen LogP contribution in [0.15, 0.2) is 23.9 Å². The van der Waals surface area contributed by atoms with E-state index in [1.54, 1.807) is 0 Å². The molecule has 0 amide bonds. The second kappa shape index (κ2) is 4.62. The standard InChI is InChI=1S/C10H15N/c1-6-9(4)10(5)11-7-8(2)3/h1,7,10-11H,4H2,2-3,5H3/t10-/m0/s1. The summed E-state index contributed by atoms with van der Waals surface area (Å²) in [5.74, 6) is 2.50. The minimum absolute atomic E-state index is 0.162. The van der Waals surface area contributed by atoms with E-state index >= 15 is 0 Å². The maximum absolute atomic E-state index is 5.17. The summed E-state index contributed by atoms with van der Waals surface area (Å²) in [6, 6.07) is 0.162. The van der Waals surface area contributed by atoms with Crippen LogP contribution in [-0.2, 0) is 0 Å². The Balaban J connectivity index is 3.91. The fraction of sp³-hybridized carbons (Fsp3) is 0.400. The van der Waals surface area contributed by atoms with Gasteiger partial charge in [-0.1, -0.05) is 18.1 Å². The van der Waals surface area contributed by atoms with E-state index in [1.807, 2.05) is 27.0 Å². The highest BCUT2D eigenvalue weighted by Crippen LogP contribution is 1.96. The molecule has 0 aromatic heterocycles. The Kier molecular flexibility index (Phi) is 4.14. The molecule has 0 spiro atoms. The molecule has 0 saturated carbocycles. The molecule has 0 bridgehead atoms. The van der Waals surface area contributed by atoms with Crippen molar-refractivity contribution in [2.75, 3.05) is 0 Å². The van der Waals surface area contributed by atoms with E-state index in [9.17, 15) is 0 Å². The second-order valence-corrected chi connectivity index (χ2v) is 2.78. The molecular formula is C10H15N. The van der Waals surface area contributed by atoms with Crippen molar-refractivity contribution in [1.29, 1.82) is 0 Å². The highest BCUT2D eigenvalue weighted by Gasteiger charge is 1.98. The zero-order chi connectivity index (χ0) is 8.85. The topological polar surface area (TPSA) is 12.0 Å². The fourth-order valence-corrected chi connectivity index (χ4v) is 0.517. The molecular weight excluding hydrogens is 134 g/mol. The number of allylic oxidation sites excluding steroid dienone is 1. The first-order valence-corrected chi connectivity index (χ1v) is 3.62. The van der Waals surface area contributed by atoms with Crippen LogP contribution in [0.5, 0.6) is 0 Å². The summed E-state index contributed by atoms with van der Waals surface area (Å²) >= 11 is 0. The van der Waals surface area contributed by atoms with Crippen molar-refractivity contribution in [2.45, 2.75) is 26.8 Å². The normalized spacial score (nSPS) is 11.1. The predicted molar refractivity (Wildman–Crippen MR) is 50.0 cm³/mol. The summed E-state index contributed by atoms with van der Waals surface area (Å²) in [7, 11) is 0. The van der Waals surface area contributed by atoms with Gasteiger partial charge in [0.1, 0.15) is 0 Å². The second-order valence-electron chi connectivity index (χ2n) is 2.78. The molecule has 0 radical (unpaired) electrons. The summed E-state index contributed by atoms with van der Waals surface area (Å²) in [6.45, 7) is 9.76. The van der Waals surface area contributed by atoms with Gasteiger partial charge in [0, 0.05) is 5.57 Å². The van der Waals surface area contributed by atoms with Crippen LogP contribution in [0.4, 0.5) is 0 Å². The van der Waals surface area contributed by atoms with Gasteiger partial charge in [-0.05, 0) is 27.0 Å². The summed E-state index contributed by atoms with van der Waals surface area (Å²) in [5.41, 5.74) is 2.00. The molecule has 0 aromatic rings. The van der Waals surface area contributed by atoms with E-state index in [-0.39, 0.29) is 6.04 Å². The quantitative estimate of drug-likeness (QED) is 0.606. The van der Waals surface area contributed by atoms with Crippen LogP contribution in [0.3, 0.4) is 0 Å².